The van der Waals surface area contributed by atoms with Crippen LogP contribution in [0.15, 0.2) is 23.3 Å². The number of rotatable bonds is 6. The molecule has 2 aliphatic rings. The van der Waals surface area contributed by atoms with Crippen LogP contribution in [-0.4, -0.2) is 54.6 Å². The SMILES string of the molecule is CCN1CCCC1CNC(N)=NCc1ccc(N2CCC(C)CC2)nc1. The Morgan fingerprint density at radius 1 is 1.27 bits per heavy atom. The molecule has 0 amide bonds. The van der Waals surface area contributed by atoms with Gasteiger partial charge in [-0.3, -0.25) is 4.90 Å². The van der Waals surface area contributed by atoms with Crippen molar-refractivity contribution in [3.8, 4) is 0 Å². The molecule has 2 aliphatic heterocycles. The summed E-state index contributed by atoms with van der Waals surface area (Å²) in [5.74, 6) is 2.45. The summed E-state index contributed by atoms with van der Waals surface area (Å²) in [6, 6.07) is 4.82. The largest absolute Gasteiger partial charge is 0.370 e. The smallest absolute Gasteiger partial charge is 0.188 e. The van der Waals surface area contributed by atoms with E-state index < -0.39 is 0 Å². The van der Waals surface area contributed by atoms with Gasteiger partial charge in [-0.25, -0.2) is 9.98 Å². The van der Waals surface area contributed by atoms with Crippen LogP contribution >= 0.6 is 0 Å². The minimum atomic E-state index is 0.530. The van der Waals surface area contributed by atoms with Gasteiger partial charge in [0.25, 0.3) is 0 Å². The number of aromatic nitrogens is 1. The molecule has 1 unspecified atom stereocenters. The van der Waals surface area contributed by atoms with Crippen molar-refractivity contribution >= 4 is 11.8 Å². The van der Waals surface area contributed by atoms with Gasteiger partial charge in [-0.15, -0.1) is 0 Å². The minimum absolute atomic E-state index is 0.530. The van der Waals surface area contributed by atoms with E-state index in [-0.39, 0.29) is 0 Å². The molecule has 0 saturated carbocycles. The molecule has 2 saturated heterocycles. The number of hydrogen-bond donors (Lipinski definition) is 2. The first-order chi connectivity index (χ1) is 12.7. The topological polar surface area (TPSA) is 69.8 Å². The number of nitrogens with zero attached hydrogens (tertiary/aromatic N) is 4. The zero-order valence-corrected chi connectivity index (χ0v) is 16.3. The summed E-state index contributed by atoms with van der Waals surface area (Å²) < 4.78 is 0. The molecule has 0 aromatic carbocycles. The van der Waals surface area contributed by atoms with E-state index in [9.17, 15) is 0 Å². The normalized spacial score (nSPS) is 22.8. The molecular weight excluding hydrogens is 324 g/mol. The highest BCUT2D eigenvalue weighted by atomic mass is 15.2. The summed E-state index contributed by atoms with van der Waals surface area (Å²) in [6.45, 7) is 10.5. The van der Waals surface area contributed by atoms with Gasteiger partial charge in [0.05, 0.1) is 6.54 Å². The lowest BCUT2D eigenvalue weighted by atomic mass is 9.99. The van der Waals surface area contributed by atoms with Crippen LogP contribution in [0, 0.1) is 5.92 Å². The average Bonchev–Trinajstić information content (AvgIpc) is 3.13. The van der Waals surface area contributed by atoms with E-state index in [4.69, 9.17) is 5.73 Å². The van der Waals surface area contributed by atoms with E-state index in [1.807, 2.05) is 6.20 Å². The van der Waals surface area contributed by atoms with Crippen molar-refractivity contribution in [1.82, 2.24) is 15.2 Å². The third-order valence-electron chi connectivity index (χ3n) is 5.77. The maximum atomic E-state index is 6.04. The maximum absolute atomic E-state index is 6.04. The first-order valence-electron chi connectivity index (χ1n) is 10.1. The van der Waals surface area contributed by atoms with Gasteiger partial charge in [0.2, 0.25) is 0 Å². The number of nitrogens with one attached hydrogen (secondary N) is 1. The summed E-state index contributed by atoms with van der Waals surface area (Å²) in [5, 5.41) is 3.28. The molecule has 2 fully saturated rings. The predicted octanol–water partition coefficient (Wildman–Crippen LogP) is 2.21. The number of guanidine groups is 1. The molecule has 6 nitrogen and oxygen atoms in total. The van der Waals surface area contributed by atoms with Crippen molar-refractivity contribution in [2.45, 2.75) is 52.1 Å². The van der Waals surface area contributed by atoms with Crippen molar-refractivity contribution in [3.05, 3.63) is 23.9 Å². The molecule has 0 aliphatic carbocycles. The molecule has 3 rings (SSSR count). The molecule has 1 aromatic rings. The molecule has 144 valence electrons. The molecular formula is C20H34N6. The van der Waals surface area contributed by atoms with Gasteiger partial charge in [0, 0.05) is 31.9 Å². The van der Waals surface area contributed by atoms with Gasteiger partial charge >= 0.3 is 0 Å². The highest BCUT2D eigenvalue weighted by molar-refractivity contribution is 5.77. The lowest BCUT2D eigenvalue weighted by molar-refractivity contribution is 0.267. The second-order valence-electron chi connectivity index (χ2n) is 7.70. The molecule has 0 radical (unpaired) electrons. The fourth-order valence-electron chi connectivity index (χ4n) is 3.93. The Balaban J connectivity index is 1.45. The molecule has 0 bridgehead atoms. The Kier molecular flexibility index (Phi) is 6.72. The van der Waals surface area contributed by atoms with E-state index in [2.05, 4.69) is 51.1 Å². The van der Waals surface area contributed by atoms with Gasteiger partial charge in [-0.1, -0.05) is 19.9 Å². The van der Waals surface area contributed by atoms with Crippen molar-refractivity contribution < 1.29 is 0 Å². The predicted molar refractivity (Wildman–Crippen MR) is 108 cm³/mol. The third-order valence-corrected chi connectivity index (χ3v) is 5.77. The lowest BCUT2D eigenvalue weighted by Crippen LogP contribution is -2.42. The zero-order valence-electron chi connectivity index (χ0n) is 16.3. The summed E-state index contributed by atoms with van der Waals surface area (Å²) in [6.07, 6.45) is 6.97. The number of piperidine rings is 1. The van der Waals surface area contributed by atoms with Crippen LogP contribution in [0.25, 0.3) is 0 Å². The molecule has 0 spiro atoms. The van der Waals surface area contributed by atoms with Crippen molar-refractivity contribution in [2.75, 3.05) is 37.6 Å². The highest BCUT2D eigenvalue weighted by Crippen LogP contribution is 2.21. The van der Waals surface area contributed by atoms with Crippen LogP contribution < -0.4 is 16.0 Å². The van der Waals surface area contributed by atoms with Gasteiger partial charge in [0.15, 0.2) is 5.96 Å². The molecule has 3 heterocycles. The van der Waals surface area contributed by atoms with Gasteiger partial charge in [-0.05, 0) is 56.3 Å². The Morgan fingerprint density at radius 3 is 2.77 bits per heavy atom. The second kappa shape index (κ2) is 9.21. The van der Waals surface area contributed by atoms with Crippen LogP contribution in [0.2, 0.25) is 0 Å². The van der Waals surface area contributed by atoms with Crippen molar-refractivity contribution in [2.24, 2.45) is 16.6 Å². The lowest BCUT2D eigenvalue weighted by Gasteiger charge is -2.31. The number of nitrogens with two attached hydrogens (primary N) is 1. The summed E-state index contributed by atoms with van der Waals surface area (Å²) >= 11 is 0. The first kappa shape index (κ1) is 19.0. The number of likely N-dealkylation sites (N-methyl/N-ethyl adjacent to an activating group) is 1. The fraction of sp³-hybridized carbons (Fsp3) is 0.700. The first-order valence-corrected chi connectivity index (χ1v) is 10.1. The number of likely N-dealkylation sites (tertiary alicyclic amines) is 1. The van der Waals surface area contributed by atoms with E-state index in [0.29, 0.717) is 18.5 Å². The Morgan fingerprint density at radius 2 is 2.08 bits per heavy atom. The summed E-state index contributed by atoms with van der Waals surface area (Å²) in [4.78, 5) is 14.0. The number of hydrogen-bond acceptors (Lipinski definition) is 4. The van der Waals surface area contributed by atoms with Crippen LogP contribution in [0.1, 0.15) is 45.1 Å². The van der Waals surface area contributed by atoms with E-state index in [1.54, 1.807) is 0 Å². The van der Waals surface area contributed by atoms with Crippen LogP contribution in [0.5, 0.6) is 0 Å². The molecule has 1 atom stereocenters. The van der Waals surface area contributed by atoms with Crippen molar-refractivity contribution in [1.29, 1.82) is 0 Å². The maximum Gasteiger partial charge on any atom is 0.188 e. The van der Waals surface area contributed by atoms with Crippen molar-refractivity contribution in [3.63, 3.8) is 0 Å². The Bertz CT molecular complexity index is 576. The monoisotopic (exact) mass is 358 g/mol. The number of pyridine rings is 1. The molecule has 1 aromatic heterocycles. The minimum Gasteiger partial charge on any atom is -0.370 e. The quantitative estimate of drug-likeness (QED) is 0.603. The fourth-order valence-corrected chi connectivity index (χ4v) is 3.93. The van der Waals surface area contributed by atoms with Gasteiger partial charge < -0.3 is 16.0 Å². The molecule has 3 N–H and O–H groups in total. The Hall–Kier alpha value is -1.82. The zero-order chi connectivity index (χ0) is 18.4. The van der Waals surface area contributed by atoms with E-state index in [0.717, 1.165) is 43.5 Å². The van der Waals surface area contributed by atoms with E-state index >= 15 is 0 Å². The standard InChI is InChI=1S/C20H34N6/c1-3-25-10-4-5-18(25)15-24-20(21)23-14-17-6-7-19(22-13-17)26-11-8-16(2)9-12-26/h6-7,13,16,18H,3-5,8-12,14-15H2,1-2H3,(H3,21,23,24). The number of aliphatic imine (C=N–C) groups is 1. The van der Waals surface area contributed by atoms with Crippen LogP contribution in [-0.2, 0) is 6.54 Å². The van der Waals surface area contributed by atoms with E-state index in [1.165, 1.54) is 32.2 Å². The van der Waals surface area contributed by atoms with Gasteiger partial charge in [-0.2, -0.15) is 0 Å². The number of anilines is 1. The van der Waals surface area contributed by atoms with Crippen LogP contribution in [0.3, 0.4) is 0 Å². The highest BCUT2D eigenvalue weighted by Gasteiger charge is 2.22. The summed E-state index contributed by atoms with van der Waals surface area (Å²) in [5.41, 5.74) is 7.14. The summed E-state index contributed by atoms with van der Waals surface area (Å²) in [7, 11) is 0. The van der Waals surface area contributed by atoms with Gasteiger partial charge in [0.1, 0.15) is 5.82 Å². The Labute approximate surface area is 157 Å². The average molecular weight is 359 g/mol. The molecule has 6 heteroatoms. The molecule has 26 heavy (non-hydrogen) atoms. The van der Waals surface area contributed by atoms with Crippen LogP contribution in [0.4, 0.5) is 5.82 Å². The third kappa shape index (κ3) is 5.10. The second-order valence-corrected chi connectivity index (χ2v) is 7.70.